The average molecular weight is 296 g/mol. The van der Waals surface area contributed by atoms with Crippen LogP contribution in [0.1, 0.15) is 13.8 Å². The molecule has 0 fully saturated rings. The lowest BCUT2D eigenvalue weighted by atomic mass is 10.2. The van der Waals surface area contributed by atoms with E-state index in [1.165, 1.54) is 12.1 Å². The van der Waals surface area contributed by atoms with Gasteiger partial charge >= 0.3 is 0 Å². The molecule has 0 saturated carbocycles. The Morgan fingerprint density at radius 2 is 2.25 bits per heavy atom. The molecule has 1 rings (SSSR count). The van der Waals surface area contributed by atoms with Gasteiger partial charge in [-0.2, -0.15) is 11.8 Å². The second kappa shape index (κ2) is 8.47. The molecular weight excluding hydrogens is 276 g/mol. The predicted molar refractivity (Wildman–Crippen MR) is 84.9 cm³/mol. The minimum atomic E-state index is -0.412. The maximum Gasteiger partial charge on any atom is 0.275 e. The highest BCUT2D eigenvalue weighted by molar-refractivity contribution is 7.99. The summed E-state index contributed by atoms with van der Waals surface area (Å²) in [6, 6.07) is 4.74. The quantitative estimate of drug-likeness (QED) is 0.326. The number of ether oxygens (including phenoxy) is 1. The molecule has 0 aromatic heterocycles. The van der Waals surface area contributed by atoms with Gasteiger partial charge in [0.2, 0.25) is 0 Å². The van der Waals surface area contributed by atoms with Gasteiger partial charge in [0.1, 0.15) is 5.75 Å². The number of thioether (sulfide) groups is 1. The monoisotopic (exact) mass is 296 g/mol. The zero-order valence-electron chi connectivity index (χ0n) is 11.8. The van der Waals surface area contributed by atoms with Crippen LogP contribution >= 0.6 is 11.8 Å². The molecule has 0 aliphatic heterocycles. The van der Waals surface area contributed by atoms with E-state index >= 15 is 0 Å². The van der Waals surface area contributed by atoms with Gasteiger partial charge in [-0.1, -0.05) is 6.08 Å². The van der Waals surface area contributed by atoms with Crippen molar-refractivity contribution in [1.29, 1.82) is 0 Å². The van der Waals surface area contributed by atoms with E-state index in [1.807, 2.05) is 19.9 Å². The zero-order chi connectivity index (χ0) is 15.0. The minimum Gasteiger partial charge on any atom is -0.491 e. The third kappa shape index (κ3) is 5.97. The van der Waals surface area contributed by atoms with E-state index in [-0.39, 0.29) is 11.8 Å². The summed E-state index contributed by atoms with van der Waals surface area (Å²) in [6.45, 7) is 8.16. The number of rotatable bonds is 9. The summed E-state index contributed by atoms with van der Waals surface area (Å²) >= 11 is 1.75. The Hall–Kier alpha value is -1.69. The van der Waals surface area contributed by atoms with Gasteiger partial charge in [0, 0.05) is 35.9 Å². The molecule has 0 amide bonds. The maximum atomic E-state index is 10.9. The first-order valence-electron chi connectivity index (χ1n) is 6.41. The molecule has 110 valence electrons. The van der Waals surface area contributed by atoms with E-state index in [0.29, 0.717) is 11.4 Å². The maximum absolute atomic E-state index is 10.9. The number of nitro benzene ring substituents is 1. The average Bonchev–Trinajstić information content (AvgIpc) is 2.37. The molecule has 0 spiro atoms. The fourth-order valence-corrected chi connectivity index (χ4v) is 2.14. The third-order valence-electron chi connectivity index (χ3n) is 2.29. The fraction of sp³-hybridized carbons (Fsp3) is 0.429. The van der Waals surface area contributed by atoms with E-state index in [2.05, 4.69) is 11.9 Å². The molecule has 1 aromatic carbocycles. The van der Waals surface area contributed by atoms with Crippen LogP contribution in [0.5, 0.6) is 5.75 Å². The molecule has 1 N–H and O–H groups in total. The molecule has 0 aliphatic carbocycles. The van der Waals surface area contributed by atoms with E-state index in [4.69, 9.17) is 4.74 Å². The Morgan fingerprint density at radius 3 is 2.85 bits per heavy atom. The number of nitrogens with zero attached hydrogens (tertiary/aromatic N) is 1. The molecule has 20 heavy (non-hydrogen) atoms. The van der Waals surface area contributed by atoms with Crippen molar-refractivity contribution in [2.45, 2.75) is 20.0 Å². The van der Waals surface area contributed by atoms with Crippen molar-refractivity contribution >= 4 is 23.1 Å². The molecule has 0 atom stereocenters. The van der Waals surface area contributed by atoms with E-state index in [9.17, 15) is 10.1 Å². The van der Waals surface area contributed by atoms with Gasteiger partial charge in [-0.05, 0) is 13.8 Å². The van der Waals surface area contributed by atoms with Crippen LogP contribution in [-0.2, 0) is 0 Å². The molecule has 5 nitrogen and oxygen atoms in total. The molecule has 6 heteroatoms. The summed E-state index contributed by atoms with van der Waals surface area (Å²) in [7, 11) is 0. The van der Waals surface area contributed by atoms with Gasteiger partial charge in [-0.15, -0.1) is 6.58 Å². The summed E-state index contributed by atoms with van der Waals surface area (Å²) in [5, 5.41) is 14.1. The molecular formula is C14H20N2O3S. The molecule has 1 aromatic rings. The molecule has 0 radical (unpaired) electrons. The van der Waals surface area contributed by atoms with Gasteiger partial charge in [-0.3, -0.25) is 10.1 Å². The van der Waals surface area contributed by atoms with Gasteiger partial charge in [0.15, 0.2) is 0 Å². The highest BCUT2D eigenvalue weighted by atomic mass is 32.2. The second-order valence-corrected chi connectivity index (χ2v) is 5.58. The largest absolute Gasteiger partial charge is 0.491 e. The zero-order valence-corrected chi connectivity index (χ0v) is 12.6. The third-order valence-corrected chi connectivity index (χ3v) is 3.25. The Morgan fingerprint density at radius 1 is 1.50 bits per heavy atom. The first-order valence-corrected chi connectivity index (χ1v) is 7.57. The van der Waals surface area contributed by atoms with Crippen LogP contribution in [-0.4, -0.2) is 29.1 Å². The standard InChI is InChI=1S/C14H20N2O3S/c1-4-6-20-7-5-15-12-8-13(16(17)18)10-14(9-12)19-11(2)3/h4,8-11,15H,1,5-7H2,2-3H3. The van der Waals surface area contributed by atoms with E-state index in [1.54, 1.807) is 17.8 Å². The summed E-state index contributed by atoms with van der Waals surface area (Å²) in [4.78, 5) is 10.5. The Bertz CT molecular complexity index is 464. The molecule has 0 bridgehead atoms. The normalized spacial score (nSPS) is 10.3. The number of hydrogen-bond donors (Lipinski definition) is 1. The van der Waals surface area contributed by atoms with Crippen LogP contribution in [0.4, 0.5) is 11.4 Å². The number of benzene rings is 1. The van der Waals surface area contributed by atoms with Crippen molar-refractivity contribution in [2.75, 3.05) is 23.4 Å². The van der Waals surface area contributed by atoms with Gasteiger partial charge in [0.05, 0.1) is 17.1 Å². The summed E-state index contributed by atoms with van der Waals surface area (Å²) in [6.07, 6.45) is 1.83. The van der Waals surface area contributed by atoms with Gasteiger partial charge < -0.3 is 10.1 Å². The van der Waals surface area contributed by atoms with Gasteiger partial charge in [0.25, 0.3) is 5.69 Å². The number of nitrogens with one attached hydrogen (secondary N) is 1. The summed E-state index contributed by atoms with van der Waals surface area (Å²) in [5.74, 6) is 2.32. The van der Waals surface area contributed by atoms with Crippen molar-refractivity contribution in [3.8, 4) is 5.75 Å². The van der Waals surface area contributed by atoms with E-state index in [0.717, 1.165) is 18.1 Å². The van der Waals surface area contributed by atoms with Crippen LogP contribution in [0.3, 0.4) is 0 Å². The highest BCUT2D eigenvalue weighted by Crippen LogP contribution is 2.26. The lowest BCUT2D eigenvalue weighted by molar-refractivity contribution is -0.384. The van der Waals surface area contributed by atoms with Crippen molar-refractivity contribution in [3.63, 3.8) is 0 Å². The van der Waals surface area contributed by atoms with Crippen molar-refractivity contribution in [1.82, 2.24) is 0 Å². The van der Waals surface area contributed by atoms with Gasteiger partial charge in [-0.25, -0.2) is 0 Å². The molecule has 0 aliphatic rings. The highest BCUT2D eigenvalue weighted by Gasteiger charge is 2.11. The Balaban J connectivity index is 2.70. The lowest BCUT2D eigenvalue weighted by Crippen LogP contribution is -2.08. The van der Waals surface area contributed by atoms with Crippen molar-refractivity contribution < 1.29 is 9.66 Å². The smallest absolute Gasteiger partial charge is 0.275 e. The first kappa shape index (κ1) is 16.4. The number of anilines is 1. The van der Waals surface area contributed by atoms with Crippen molar-refractivity contribution in [2.24, 2.45) is 0 Å². The van der Waals surface area contributed by atoms with Crippen LogP contribution in [0.15, 0.2) is 30.9 Å². The molecule has 0 unspecified atom stereocenters. The summed E-state index contributed by atoms with van der Waals surface area (Å²) in [5.41, 5.74) is 0.735. The van der Waals surface area contributed by atoms with Crippen LogP contribution in [0.25, 0.3) is 0 Å². The fourth-order valence-electron chi connectivity index (χ4n) is 1.57. The predicted octanol–water partition coefficient (Wildman–Crippen LogP) is 3.71. The van der Waals surface area contributed by atoms with E-state index < -0.39 is 4.92 Å². The second-order valence-electron chi connectivity index (χ2n) is 4.43. The lowest BCUT2D eigenvalue weighted by Gasteiger charge is -2.12. The molecule has 0 saturated heterocycles. The number of non-ortho nitro benzene ring substituents is 1. The summed E-state index contributed by atoms with van der Waals surface area (Å²) < 4.78 is 5.53. The minimum absolute atomic E-state index is 0.0204. The van der Waals surface area contributed by atoms with Crippen LogP contribution in [0, 0.1) is 10.1 Å². The van der Waals surface area contributed by atoms with Crippen LogP contribution < -0.4 is 10.1 Å². The van der Waals surface area contributed by atoms with Crippen molar-refractivity contribution in [3.05, 3.63) is 41.0 Å². The number of nitro groups is 1. The Kier molecular flexibility index (Phi) is 6.93. The first-order chi connectivity index (χ1) is 9.52. The topological polar surface area (TPSA) is 64.4 Å². The number of hydrogen-bond acceptors (Lipinski definition) is 5. The molecule has 0 heterocycles. The Labute approximate surface area is 123 Å². The SMILES string of the molecule is C=CCSCCNc1cc(OC(C)C)cc([N+](=O)[O-])c1. The van der Waals surface area contributed by atoms with Crippen LogP contribution in [0.2, 0.25) is 0 Å².